The lowest BCUT2D eigenvalue weighted by atomic mass is 10.1. The number of hydrogen-bond donors (Lipinski definition) is 3. The second-order valence-corrected chi connectivity index (χ2v) is 5.19. The van der Waals surface area contributed by atoms with Crippen molar-refractivity contribution < 1.29 is 14.7 Å². The van der Waals surface area contributed by atoms with Crippen molar-refractivity contribution >= 4 is 22.8 Å². The molecule has 0 radical (unpaired) electrons. The van der Waals surface area contributed by atoms with Crippen LogP contribution in [0.5, 0.6) is 0 Å². The Balaban J connectivity index is 2.01. The highest BCUT2D eigenvalue weighted by atomic mass is 16.4. The van der Waals surface area contributed by atoms with Gasteiger partial charge in [0.25, 0.3) is 0 Å². The first-order valence-electron chi connectivity index (χ1n) is 7.16. The van der Waals surface area contributed by atoms with Crippen molar-refractivity contribution in [2.24, 2.45) is 0 Å². The molecule has 0 aliphatic heterocycles. The van der Waals surface area contributed by atoms with E-state index in [1.807, 2.05) is 37.4 Å². The molecule has 5 nitrogen and oxygen atoms in total. The molecule has 0 aliphatic carbocycles. The van der Waals surface area contributed by atoms with Crippen LogP contribution in [0.4, 0.5) is 0 Å². The third-order valence-corrected chi connectivity index (χ3v) is 3.45. The van der Waals surface area contributed by atoms with Gasteiger partial charge in [-0.05, 0) is 18.1 Å². The number of benzene rings is 1. The second-order valence-electron chi connectivity index (χ2n) is 5.19. The standard InChI is InChI=1S/C16H20N2O3/c1-2-5-12(9-16(20)21)18-15(19)8-11-10-17-14-7-4-3-6-13(11)14/h3-4,6-7,10,12,17H,2,5,8-9H2,1H3,(H,18,19)(H,20,21). The molecule has 112 valence electrons. The van der Waals surface area contributed by atoms with Gasteiger partial charge in [0, 0.05) is 23.1 Å². The molecule has 0 saturated heterocycles. The quantitative estimate of drug-likeness (QED) is 0.732. The number of carboxylic acids is 1. The van der Waals surface area contributed by atoms with Gasteiger partial charge in [0.2, 0.25) is 5.91 Å². The third kappa shape index (κ3) is 4.08. The van der Waals surface area contributed by atoms with E-state index in [9.17, 15) is 9.59 Å². The van der Waals surface area contributed by atoms with Crippen molar-refractivity contribution in [1.29, 1.82) is 0 Å². The van der Waals surface area contributed by atoms with Crippen LogP contribution in [0.1, 0.15) is 31.7 Å². The summed E-state index contributed by atoms with van der Waals surface area (Å²) in [5.41, 5.74) is 1.92. The molecular formula is C16H20N2O3. The fourth-order valence-corrected chi connectivity index (χ4v) is 2.51. The van der Waals surface area contributed by atoms with Crippen molar-refractivity contribution in [1.82, 2.24) is 10.3 Å². The Morgan fingerprint density at radius 1 is 1.33 bits per heavy atom. The van der Waals surface area contributed by atoms with Gasteiger partial charge in [-0.15, -0.1) is 0 Å². The van der Waals surface area contributed by atoms with E-state index in [1.54, 1.807) is 0 Å². The van der Waals surface area contributed by atoms with E-state index in [4.69, 9.17) is 5.11 Å². The topological polar surface area (TPSA) is 82.2 Å². The molecule has 5 heteroatoms. The maximum atomic E-state index is 12.1. The Kier molecular flexibility index (Phi) is 4.98. The highest BCUT2D eigenvalue weighted by Gasteiger charge is 2.16. The SMILES string of the molecule is CCCC(CC(=O)O)NC(=O)Cc1c[nH]c2ccccc12. The van der Waals surface area contributed by atoms with Gasteiger partial charge in [-0.1, -0.05) is 31.5 Å². The summed E-state index contributed by atoms with van der Waals surface area (Å²) in [4.78, 5) is 26.0. The number of carbonyl (C=O) groups excluding carboxylic acids is 1. The van der Waals surface area contributed by atoms with Gasteiger partial charge in [0.15, 0.2) is 0 Å². The molecule has 0 fully saturated rings. The summed E-state index contributed by atoms with van der Waals surface area (Å²) in [5.74, 6) is -1.03. The largest absolute Gasteiger partial charge is 0.481 e. The van der Waals surface area contributed by atoms with Gasteiger partial charge >= 0.3 is 5.97 Å². The number of para-hydroxylation sites is 1. The van der Waals surface area contributed by atoms with E-state index in [1.165, 1.54) is 0 Å². The summed E-state index contributed by atoms with van der Waals surface area (Å²) in [6, 6.07) is 7.50. The normalized spacial score (nSPS) is 12.2. The maximum Gasteiger partial charge on any atom is 0.305 e. The number of aliphatic carboxylic acids is 1. The van der Waals surface area contributed by atoms with Crippen LogP contribution in [0.3, 0.4) is 0 Å². The molecule has 1 unspecified atom stereocenters. The van der Waals surface area contributed by atoms with Gasteiger partial charge in [0.1, 0.15) is 0 Å². The number of H-pyrrole nitrogens is 1. The van der Waals surface area contributed by atoms with Gasteiger partial charge < -0.3 is 15.4 Å². The summed E-state index contributed by atoms with van der Waals surface area (Å²) < 4.78 is 0. The lowest BCUT2D eigenvalue weighted by molar-refractivity contribution is -0.137. The minimum atomic E-state index is -0.888. The van der Waals surface area contributed by atoms with Gasteiger partial charge in [-0.25, -0.2) is 0 Å². The minimum absolute atomic E-state index is 0.0343. The lowest BCUT2D eigenvalue weighted by Gasteiger charge is -2.15. The van der Waals surface area contributed by atoms with Crippen molar-refractivity contribution in [2.45, 2.75) is 38.6 Å². The van der Waals surface area contributed by atoms with Crippen LogP contribution in [0, 0.1) is 0 Å². The summed E-state index contributed by atoms with van der Waals surface area (Å²) in [6.45, 7) is 1.97. The second kappa shape index (κ2) is 6.92. The Morgan fingerprint density at radius 3 is 2.81 bits per heavy atom. The van der Waals surface area contributed by atoms with Crippen LogP contribution >= 0.6 is 0 Å². The van der Waals surface area contributed by atoms with E-state index in [0.717, 1.165) is 22.9 Å². The molecule has 1 aromatic heterocycles. The summed E-state index contributed by atoms with van der Waals surface area (Å²) in [6.07, 6.45) is 3.56. The number of carboxylic acid groups (broad SMARTS) is 1. The van der Waals surface area contributed by atoms with Crippen molar-refractivity contribution in [3.8, 4) is 0 Å². The van der Waals surface area contributed by atoms with Crippen molar-refractivity contribution in [3.63, 3.8) is 0 Å². The number of carbonyl (C=O) groups is 2. The number of nitrogens with one attached hydrogen (secondary N) is 2. The van der Waals surface area contributed by atoms with Crippen LogP contribution in [0.25, 0.3) is 10.9 Å². The monoisotopic (exact) mass is 288 g/mol. The first-order chi connectivity index (χ1) is 10.1. The third-order valence-electron chi connectivity index (χ3n) is 3.45. The van der Waals surface area contributed by atoms with E-state index in [2.05, 4.69) is 10.3 Å². The molecule has 1 atom stereocenters. The first-order valence-corrected chi connectivity index (χ1v) is 7.16. The van der Waals surface area contributed by atoms with E-state index in [-0.39, 0.29) is 24.8 Å². The smallest absolute Gasteiger partial charge is 0.305 e. The summed E-state index contributed by atoms with van der Waals surface area (Å²) >= 11 is 0. The van der Waals surface area contributed by atoms with Crippen LogP contribution in [-0.2, 0) is 16.0 Å². The highest BCUT2D eigenvalue weighted by Crippen LogP contribution is 2.18. The molecule has 2 aromatic rings. The Morgan fingerprint density at radius 2 is 2.10 bits per heavy atom. The number of aromatic amines is 1. The lowest BCUT2D eigenvalue weighted by Crippen LogP contribution is -2.37. The number of hydrogen-bond acceptors (Lipinski definition) is 2. The van der Waals surface area contributed by atoms with Gasteiger partial charge in [-0.2, -0.15) is 0 Å². The molecule has 3 N–H and O–H groups in total. The molecule has 0 saturated carbocycles. The fraction of sp³-hybridized carbons (Fsp3) is 0.375. The molecule has 1 aromatic carbocycles. The zero-order valence-corrected chi connectivity index (χ0v) is 12.1. The van der Waals surface area contributed by atoms with Gasteiger partial charge in [0.05, 0.1) is 12.8 Å². The maximum absolute atomic E-state index is 12.1. The van der Waals surface area contributed by atoms with Crippen LogP contribution in [0.15, 0.2) is 30.5 Å². The zero-order chi connectivity index (χ0) is 15.2. The van der Waals surface area contributed by atoms with E-state index in [0.29, 0.717) is 6.42 Å². The molecule has 0 aliphatic rings. The summed E-state index contributed by atoms with van der Waals surface area (Å²) in [7, 11) is 0. The number of aromatic nitrogens is 1. The Labute approximate surface area is 123 Å². The molecule has 0 spiro atoms. The van der Waals surface area contributed by atoms with Crippen molar-refractivity contribution in [2.75, 3.05) is 0 Å². The number of rotatable bonds is 7. The zero-order valence-electron chi connectivity index (χ0n) is 12.1. The van der Waals surface area contributed by atoms with Crippen LogP contribution in [0.2, 0.25) is 0 Å². The molecule has 21 heavy (non-hydrogen) atoms. The Hall–Kier alpha value is -2.30. The minimum Gasteiger partial charge on any atom is -0.481 e. The van der Waals surface area contributed by atoms with Crippen molar-refractivity contribution in [3.05, 3.63) is 36.0 Å². The average Bonchev–Trinajstić information content (AvgIpc) is 2.82. The number of fused-ring (bicyclic) bond motifs is 1. The van der Waals surface area contributed by atoms with E-state index >= 15 is 0 Å². The average molecular weight is 288 g/mol. The predicted molar refractivity (Wildman–Crippen MR) is 81.1 cm³/mol. The van der Waals surface area contributed by atoms with E-state index < -0.39 is 5.97 Å². The molecule has 0 bridgehead atoms. The molecular weight excluding hydrogens is 268 g/mol. The number of amides is 1. The first kappa shape index (κ1) is 15.1. The van der Waals surface area contributed by atoms with Crippen LogP contribution in [-0.4, -0.2) is 28.0 Å². The fourth-order valence-electron chi connectivity index (χ4n) is 2.51. The highest BCUT2D eigenvalue weighted by molar-refractivity contribution is 5.89. The molecule has 2 rings (SSSR count). The summed E-state index contributed by atoms with van der Waals surface area (Å²) in [5, 5.41) is 12.7. The molecule has 1 amide bonds. The Bertz CT molecular complexity index is 633. The predicted octanol–water partition coefficient (Wildman–Crippen LogP) is 2.47. The molecule has 1 heterocycles. The van der Waals surface area contributed by atoms with Gasteiger partial charge in [-0.3, -0.25) is 9.59 Å². The van der Waals surface area contributed by atoms with Crippen LogP contribution < -0.4 is 5.32 Å².